The molecular formula is C19H18N4O4. The Morgan fingerprint density at radius 1 is 1.30 bits per heavy atom. The van der Waals surface area contributed by atoms with Gasteiger partial charge >= 0.3 is 0 Å². The zero-order valence-corrected chi connectivity index (χ0v) is 14.6. The number of carbonyl (C=O) groups excluding carboxylic acids is 2. The van der Waals surface area contributed by atoms with E-state index in [1.54, 1.807) is 28.6 Å². The molecule has 0 saturated heterocycles. The van der Waals surface area contributed by atoms with E-state index in [0.29, 0.717) is 12.3 Å². The predicted molar refractivity (Wildman–Crippen MR) is 96.6 cm³/mol. The van der Waals surface area contributed by atoms with Crippen molar-refractivity contribution in [2.75, 3.05) is 6.61 Å². The highest BCUT2D eigenvalue weighted by molar-refractivity contribution is 5.95. The Morgan fingerprint density at radius 3 is 2.89 bits per heavy atom. The lowest BCUT2D eigenvalue weighted by atomic mass is 10.1. The van der Waals surface area contributed by atoms with Gasteiger partial charge in [-0.3, -0.25) is 14.8 Å². The minimum atomic E-state index is -0.617. The molecule has 0 bridgehead atoms. The number of hydrogen-bond donors (Lipinski definition) is 3. The summed E-state index contributed by atoms with van der Waals surface area (Å²) < 4.78 is 5.79. The molecule has 2 heterocycles. The number of aromatic nitrogens is 2. The highest BCUT2D eigenvalue weighted by atomic mass is 16.5. The van der Waals surface area contributed by atoms with Crippen LogP contribution in [-0.2, 0) is 6.54 Å². The number of hydroxylamine groups is 1. The van der Waals surface area contributed by atoms with Crippen molar-refractivity contribution in [2.45, 2.75) is 19.5 Å². The molecule has 8 heteroatoms. The van der Waals surface area contributed by atoms with Gasteiger partial charge in [0, 0.05) is 11.1 Å². The molecule has 138 valence electrons. The topological polar surface area (TPSA) is 108 Å². The van der Waals surface area contributed by atoms with Crippen LogP contribution in [0.25, 0.3) is 11.0 Å². The third kappa shape index (κ3) is 3.11. The minimum Gasteiger partial charge on any atom is -0.491 e. The zero-order valence-electron chi connectivity index (χ0n) is 14.6. The van der Waals surface area contributed by atoms with Crippen molar-refractivity contribution < 1.29 is 19.5 Å². The Bertz CT molecular complexity index is 996. The van der Waals surface area contributed by atoms with Gasteiger partial charge in [-0.2, -0.15) is 0 Å². The van der Waals surface area contributed by atoms with Crippen molar-refractivity contribution in [3.8, 4) is 5.75 Å². The molecule has 1 aromatic heterocycles. The van der Waals surface area contributed by atoms with Crippen LogP contribution in [0.15, 0.2) is 42.5 Å². The average molecular weight is 366 g/mol. The normalized spacial score (nSPS) is 16.4. The smallest absolute Gasteiger partial charge is 0.290 e. The Morgan fingerprint density at radius 2 is 2.11 bits per heavy atom. The van der Waals surface area contributed by atoms with Crippen molar-refractivity contribution >= 4 is 22.8 Å². The van der Waals surface area contributed by atoms with E-state index in [1.807, 2.05) is 31.2 Å². The summed E-state index contributed by atoms with van der Waals surface area (Å²) in [6.45, 7) is 2.50. The molecule has 1 atom stereocenters. The van der Waals surface area contributed by atoms with Gasteiger partial charge in [0.05, 0.1) is 23.6 Å². The van der Waals surface area contributed by atoms with Crippen LogP contribution < -0.4 is 10.2 Å². The molecule has 4 rings (SSSR count). The molecule has 0 radical (unpaired) electrons. The molecule has 1 aliphatic heterocycles. The Balaban J connectivity index is 1.65. The standard InChI is InChI=1S/C19H18N4O4/c1-11-10-27-16-8-12(18(24)22-26)6-7-13(16)9-23(11)19(25)17-20-14-4-2-3-5-15(14)21-17/h2-8,11,26H,9-10H2,1H3,(H,20,21)(H,22,24)/t11-/m0/s1. The molecule has 3 N–H and O–H groups in total. The van der Waals surface area contributed by atoms with Crippen LogP contribution in [-0.4, -0.2) is 44.5 Å². The summed E-state index contributed by atoms with van der Waals surface area (Å²) in [4.78, 5) is 33.8. The summed E-state index contributed by atoms with van der Waals surface area (Å²) in [5.41, 5.74) is 4.20. The van der Waals surface area contributed by atoms with Crippen LogP contribution in [0.3, 0.4) is 0 Å². The minimum absolute atomic E-state index is 0.187. The molecule has 0 unspecified atom stereocenters. The predicted octanol–water partition coefficient (Wildman–Crippen LogP) is 2.11. The second kappa shape index (κ2) is 6.73. The summed E-state index contributed by atoms with van der Waals surface area (Å²) in [6.07, 6.45) is 0. The third-order valence-corrected chi connectivity index (χ3v) is 4.64. The largest absolute Gasteiger partial charge is 0.491 e. The average Bonchev–Trinajstić information content (AvgIpc) is 3.06. The summed E-state index contributed by atoms with van der Waals surface area (Å²) in [5.74, 6) is -0.0353. The first-order valence-corrected chi connectivity index (χ1v) is 8.52. The van der Waals surface area contributed by atoms with E-state index < -0.39 is 5.91 Å². The molecule has 8 nitrogen and oxygen atoms in total. The highest BCUT2D eigenvalue weighted by Gasteiger charge is 2.28. The van der Waals surface area contributed by atoms with Crippen molar-refractivity contribution in [1.82, 2.24) is 20.3 Å². The zero-order chi connectivity index (χ0) is 19.0. The van der Waals surface area contributed by atoms with Crippen LogP contribution in [0.2, 0.25) is 0 Å². The fourth-order valence-corrected chi connectivity index (χ4v) is 3.13. The van der Waals surface area contributed by atoms with Gasteiger partial charge in [0.15, 0.2) is 5.82 Å². The molecule has 27 heavy (non-hydrogen) atoms. The first-order valence-electron chi connectivity index (χ1n) is 8.52. The molecule has 0 saturated carbocycles. The second-order valence-electron chi connectivity index (χ2n) is 6.46. The van der Waals surface area contributed by atoms with Crippen molar-refractivity contribution in [3.63, 3.8) is 0 Å². The third-order valence-electron chi connectivity index (χ3n) is 4.64. The number of H-pyrrole nitrogens is 1. The summed E-state index contributed by atoms with van der Waals surface area (Å²) in [6, 6.07) is 12.1. The number of para-hydroxylation sites is 2. The molecule has 2 amide bonds. The number of ether oxygens (including phenoxy) is 1. The van der Waals surface area contributed by atoms with Crippen LogP contribution in [0.4, 0.5) is 0 Å². The van der Waals surface area contributed by atoms with Gasteiger partial charge < -0.3 is 14.6 Å². The van der Waals surface area contributed by atoms with Gasteiger partial charge in [-0.05, 0) is 31.2 Å². The van der Waals surface area contributed by atoms with E-state index >= 15 is 0 Å². The highest BCUT2D eigenvalue weighted by Crippen LogP contribution is 2.27. The molecule has 3 aromatic rings. The van der Waals surface area contributed by atoms with E-state index in [1.165, 1.54) is 0 Å². The van der Waals surface area contributed by atoms with Crippen LogP contribution in [0, 0.1) is 0 Å². The first-order chi connectivity index (χ1) is 13.1. The lowest BCUT2D eigenvalue weighted by Gasteiger charge is -2.25. The van der Waals surface area contributed by atoms with Gasteiger partial charge in [-0.25, -0.2) is 10.5 Å². The fraction of sp³-hybridized carbons (Fsp3) is 0.211. The summed E-state index contributed by atoms with van der Waals surface area (Å²) >= 11 is 0. The van der Waals surface area contributed by atoms with Crippen LogP contribution in [0.5, 0.6) is 5.75 Å². The lowest BCUT2D eigenvalue weighted by Crippen LogP contribution is -2.40. The van der Waals surface area contributed by atoms with Crippen LogP contribution >= 0.6 is 0 Å². The van der Waals surface area contributed by atoms with Gasteiger partial charge in [-0.15, -0.1) is 0 Å². The number of nitrogens with zero attached hydrogens (tertiary/aromatic N) is 2. The van der Waals surface area contributed by atoms with Crippen LogP contribution in [0.1, 0.15) is 33.5 Å². The number of hydrogen-bond acceptors (Lipinski definition) is 5. The fourth-order valence-electron chi connectivity index (χ4n) is 3.13. The number of fused-ring (bicyclic) bond motifs is 2. The van der Waals surface area contributed by atoms with Crippen molar-refractivity contribution in [2.24, 2.45) is 0 Å². The number of benzene rings is 2. The quantitative estimate of drug-likeness (QED) is 0.476. The van der Waals surface area contributed by atoms with Gasteiger partial charge in [0.25, 0.3) is 11.8 Å². The van der Waals surface area contributed by atoms with Gasteiger partial charge in [-0.1, -0.05) is 18.2 Å². The maximum atomic E-state index is 13.0. The monoisotopic (exact) mass is 366 g/mol. The van der Waals surface area contributed by atoms with Crippen molar-refractivity contribution in [3.05, 3.63) is 59.4 Å². The van der Waals surface area contributed by atoms with E-state index in [0.717, 1.165) is 16.6 Å². The number of rotatable bonds is 2. The molecule has 0 fully saturated rings. The molecule has 0 spiro atoms. The van der Waals surface area contributed by atoms with Gasteiger partial charge in [0.2, 0.25) is 0 Å². The van der Waals surface area contributed by atoms with Crippen molar-refractivity contribution in [1.29, 1.82) is 0 Å². The Labute approximate surface area is 154 Å². The van der Waals surface area contributed by atoms with E-state index in [4.69, 9.17) is 9.94 Å². The first kappa shape index (κ1) is 17.0. The van der Waals surface area contributed by atoms with E-state index in [9.17, 15) is 9.59 Å². The van der Waals surface area contributed by atoms with E-state index in [-0.39, 0.29) is 29.9 Å². The molecular weight excluding hydrogens is 348 g/mol. The number of nitrogens with one attached hydrogen (secondary N) is 2. The number of imidazole rings is 1. The number of aromatic amines is 1. The lowest BCUT2D eigenvalue weighted by molar-refractivity contribution is 0.0634. The summed E-state index contributed by atoms with van der Waals surface area (Å²) in [7, 11) is 0. The maximum Gasteiger partial charge on any atom is 0.290 e. The number of carbonyl (C=O) groups is 2. The van der Waals surface area contributed by atoms with Gasteiger partial charge in [0.1, 0.15) is 12.4 Å². The Hall–Kier alpha value is -3.39. The second-order valence-corrected chi connectivity index (χ2v) is 6.46. The SMILES string of the molecule is C[C@H]1COc2cc(C(=O)NO)ccc2CN1C(=O)c1nc2ccccc2[nH]1. The molecule has 1 aliphatic rings. The Kier molecular flexibility index (Phi) is 4.25. The number of amides is 2. The van der Waals surface area contributed by atoms with E-state index in [2.05, 4.69) is 9.97 Å². The molecule has 2 aromatic carbocycles. The summed E-state index contributed by atoms with van der Waals surface area (Å²) in [5, 5.41) is 8.79. The maximum absolute atomic E-state index is 13.0. The molecule has 0 aliphatic carbocycles.